The first-order valence-corrected chi connectivity index (χ1v) is 9.08. The van der Waals surface area contributed by atoms with Crippen LogP contribution in [0.4, 0.5) is 4.39 Å². The number of pyridine rings is 1. The van der Waals surface area contributed by atoms with Crippen molar-refractivity contribution in [3.05, 3.63) is 64.7 Å². The van der Waals surface area contributed by atoms with Gasteiger partial charge in [0.15, 0.2) is 5.17 Å². The zero-order chi connectivity index (χ0) is 18.3. The first-order valence-electron chi connectivity index (χ1n) is 8.20. The summed E-state index contributed by atoms with van der Waals surface area (Å²) in [7, 11) is 0. The van der Waals surface area contributed by atoms with Crippen LogP contribution < -0.4 is 5.73 Å². The third-order valence-electron chi connectivity index (χ3n) is 4.81. The highest BCUT2D eigenvalue weighted by molar-refractivity contribution is 8.14. The van der Waals surface area contributed by atoms with Crippen LogP contribution in [0.2, 0.25) is 0 Å². The molecule has 1 aromatic heterocycles. The maximum atomic E-state index is 14.6. The van der Waals surface area contributed by atoms with E-state index in [0.717, 1.165) is 6.42 Å². The first-order chi connectivity index (χ1) is 12.5. The summed E-state index contributed by atoms with van der Waals surface area (Å²) in [6.07, 6.45) is 2.47. The van der Waals surface area contributed by atoms with Gasteiger partial charge in [0.1, 0.15) is 17.6 Å². The molecule has 0 spiro atoms. The van der Waals surface area contributed by atoms with E-state index in [9.17, 15) is 4.39 Å². The van der Waals surface area contributed by atoms with Crippen LogP contribution in [0, 0.1) is 34.9 Å². The minimum Gasteiger partial charge on any atom is -0.379 e. The summed E-state index contributed by atoms with van der Waals surface area (Å²) in [4.78, 5) is 8.70. The molecule has 3 atom stereocenters. The van der Waals surface area contributed by atoms with Crippen LogP contribution in [0.25, 0.3) is 0 Å². The fourth-order valence-corrected chi connectivity index (χ4v) is 4.59. The van der Waals surface area contributed by atoms with Crippen LogP contribution in [-0.4, -0.2) is 15.4 Å². The van der Waals surface area contributed by atoms with Crippen LogP contribution in [0.3, 0.4) is 0 Å². The van der Waals surface area contributed by atoms with Crippen molar-refractivity contribution in [1.82, 2.24) is 4.98 Å². The van der Waals surface area contributed by atoms with Gasteiger partial charge in [-0.25, -0.2) is 9.37 Å². The van der Waals surface area contributed by atoms with Gasteiger partial charge in [0.05, 0.1) is 11.1 Å². The molecule has 1 aliphatic heterocycles. The number of amidine groups is 1. The number of thioether (sulfide) groups is 1. The molecule has 2 aliphatic rings. The van der Waals surface area contributed by atoms with Crippen LogP contribution in [0.15, 0.2) is 41.5 Å². The zero-order valence-electron chi connectivity index (χ0n) is 14.0. The van der Waals surface area contributed by atoms with E-state index in [0.29, 0.717) is 38.7 Å². The van der Waals surface area contributed by atoms with Gasteiger partial charge in [-0.3, -0.25) is 4.99 Å². The van der Waals surface area contributed by atoms with Crippen LogP contribution in [0.1, 0.15) is 35.7 Å². The number of aromatic nitrogens is 1. The van der Waals surface area contributed by atoms with Crippen LogP contribution in [-0.2, 0) is 5.54 Å². The molecule has 1 aromatic carbocycles. The summed E-state index contributed by atoms with van der Waals surface area (Å²) < 4.78 is 14.6. The van der Waals surface area contributed by atoms with Crippen molar-refractivity contribution in [2.75, 3.05) is 0 Å². The Kier molecular flexibility index (Phi) is 3.94. The molecule has 2 heterocycles. The lowest BCUT2D eigenvalue weighted by molar-refractivity contribution is 0.408. The summed E-state index contributed by atoms with van der Waals surface area (Å²) in [5.41, 5.74) is 7.56. The fraction of sp³-hybridized carbons (Fsp3) is 0.250. The summed E-state index contributed by atoms with van der Waals surface area (Å²) in [5.74, 6) is 5.98. The highest BCUT2D eigenvalue weighted by Gasteiger charge is 2.55. The van der Waals surface area contributed by atoms with Gasteiger partial charge in [-0.15, -0.1) is 0 Å². The summed E-state index contributed by atoms with van der Waals surface area (Å²) in [5, 5.41) is 9.74. The molecule has 0 radical (unpaired) electrons. The maximum Gasteiger partial charge on any atom is 0.155 e. The van der Waals surface area contributed by atoms with Crippen molar-refractivity contribution in [2.45, 2.75) is 24.1 Å². The van der Waals surface area contributed by atoms with E-state index in [1.165, 1.54) is 12.3 Å². The van der Waals surface area contributed by atoms with Crippen molar-refractivity contribution < 1.29 is 4.39 Å². The second-order valence-electron chi connectivity index (χ2n) is 6.58. The third kappa shape index (κ3) is 2.94. The molecule has 1 saturated carbocycles. The molecule has 1 fully saturated rings. The lowest BCUT2D eigenvalue weighted by Crippen LogP contribution is -2.31. The number of hydrogen-bond donors (Lipinski definition) is 1. The molecule has 6 heteroatoms. The molecule has 1 aliphatic carbocycles. The van der Waals surface area contributed by atoms with Gasteiger partial charge in [0.25, 0.3) is 0 Å². The number of rotatable bonds is 1. The highest BCUT2D eigenvalue weighted by Crippen LogP contribution is 2.57. The molecule has 0 bridgehead atoms. The Balaban J connectivity index is 1.68. The van der Waals surface area contributed by atoms with Crippen molar-refractivity contribution >= 4 is 16.9 Å². The lowest BCUT2D eigenvalue weighted by atomic mass is 9.86. The topological polar surface area (TPSA) is 75.1 Å². The average Bonchev–Trinajstić information content (AvgIpc) is 3.41. The van der Waals surface area contributed by atoms with Crippen molar-refractivity contribution in [3.8, 4) is 17.9 Å². The molecule has 128 valence electrons. The quantitative estimate of drug-likeness (QED) is 0.791. The van der Waals surface area contributed by atoms with Gasteiger partial charge in [0, 0.05) is 28.5 Å². The monoisotopic (exact) mass is 362 g/mol. The van der Waals surface area contributed by atoms with E-state index in [1.54, 1.807) is 36.0 Å². The molecule has 0 saturated heterocycles. The Morgan fingerprint density at radius 1 is 1.27 bits per heavy atom. The SMILES string of the molecule is C[C@]1(c2cc(C#Cc3ccc(C#N)cn3)ccc2F)N=C(N)SC2CC21. The zero-order valence-corrected chi connectivity index (χ0v) is 14.8. The summed E-state index contributed by atoms with van der Waals surface area (Å²) >= 11 is 1.58. The number of fused-ring (bicyclic) bond motifs is 1. The van der Waals surface area contributed by atoms with E-state index >= 15 is 0 Å². The fourth-order valence-electron chi connectivity index (χ4n) is 3.31. The molecular weight excluding hydrogens is 347 g/mol. The maximum absolute atomic E-state index is 14.6. The predicted octanol–water partition coefficient (Wildman–Crippen LogP) is 3.16. The van der Waals surface area contributed by atoms with Gasteiger partial charge in [-0.05, 0) is 49.6 Å². The van der Waals surface area contributed by atoms with Crippen molar-refractivity contribution in [3.63, 3.8) is 0 Å². The number of nitrogens with zero attached hydrogens (tertiary/aromatic N) is 3. The number of nitrogens with two attached hydrogens (primary N) is 1. The van der Waals surface area contributed by atoms with Gasteiger partial charge in [-0.2, -0.15) is 5.26 Å². The molecule has 4 rings (SSSR count). The van der Waals surface area contributed by atoms with Gasteiger partial charge in [0.2, 0.25) is 0 Å². The van der Waals surface area contributed by atoms with E-state index in [-0.39, 0.29) is 5.82 Å². The van der Waals surface area contributed by atoms with Crippen molar-refractivity contribution in [1.29, 1.82) is 5.26 Å². The van der Waals surface area contributed by atoms with E-state index in [4.69, 9.17) is 11.0 Å². The van der Waals surface area contributed by atoms with Gasteiger partial charge >= 0.3 is 0 Å². The Bertz CT molecular complexity index is 1010. The Hall–Kier alpha value is -2.83. The Labute approximate surface area is 155 Å². The molecule has 2 unspecified atom stereocenters. The molecule has 2 N–H and O–H groups in total. The second-order valence-corrected chi connectivity index (χ2v) is 7.84. The lowest BCUT2D eigenvalue weighted by Gasteiger charge is -2.30. The second kappa shape index (κ2) is 6.16. The Morgan fingerprint density at radius 3 is 2.81 bits per heavy atom. The average molecular weight is 362 g/mol. The number of halogens is 1. The smallest absolute Gasteiger partial charge is 0.155 e. The third-order valence-corrected chi connectivity index (χ3v) is 5.96. The minimum atomic E-state index is -0.644. The largest absolute Gasteiger partial charge is 0.379 e. The highest BCUT2D eigenvalue weighted by atomic mass is 32.2. The predicted molar refractivity (Wildman–Crippen MR) is 99.8 cm³/mol. The van der Waals surface area contributed by atoms with Gasteiger partial charge in [-0.1, -0.05) is 17.7 Å². The molecule has 4 nitrogen and oxygen atoms in total. The molecule has 0 amide bonds. The minimum absolute atomic E-state index is 0.288. The molecule has 26 heavy (non-hydrogen) atoms. The number of nitriles is 1. The van der Waals surface area contributed by atoms with E-state index in [1.807, 2.05) is 13.0 Å². The summed E-state index contributed by atoms with van der Waals surface area (Å²) in [6.45, 7) is 1.95. The number of aliphatic imine (C=N–C) groups is 1. The molecule has 2 aromatic rings. The normalized spacial score (nSPS) is 26.0. The van der Waals surface area contributed by atoms with Gasteiger partial charge < -0.3 is 5.73 Å². The molecular formula is C20H15FN4S. The first kappa shape index (κ1) is 16.6. The van der Waals surface area contributed by atoms with Crippen molar-refractivity contribution in [2.24, 2.45) is 16.6 Å². The number of benzene rings is 1. The summed E-state index contributed by atoms with van der Waals surface area (Å²) in [6, 6.07) is 10.2. The van der Waals surface area contributed by atoms with E-state index in [2.05, 4.69) is 21.8 Å². The van der Waals surface area contributed by atoms with Crippen LogP contribution in [0.5, 0.6) is 0 Å². The number of hydrogen-bond acceptors (Lipinski definition) is 5. The Morgan fingerprint density at radius 2 is 2.08 bits per heavy atom. The van der Waals surface area contributed by atoms with E-state index < -0.39 is 5.54 Å². The standard InChI is InChI=1S/C20H15FN4S/c1-20(16-9-18(16)26-19(23)25-20)15-8-12(4-7-17(15)21)2-5-14-6-3-13(10-22)11-24-14/h3-4,6-8,11,16,18H,9H2,1H3,(H2,23,25)/t16?,18?,20-/m1/s1. The van der Waals surface area contributed by atoms with Crippen LogP contribution >= 0.6 is 11.8 Å².